The van der Waals surface area contributed by atoms with Gasteiger partial charge in [-0.25, -0.2) is 4.68 Å². The van der Waals surface area contributed by atoms with Gasteiger partial charge in [0.1, 0.15) is 0 Å². The predicted molar refractivity (Wildman–Crippen MR) is 91.2 cm³/mol. The number of benzene rings is 2. The van der Waals surface area contributed by atoms with Crippen LogP contribution in [-0.2, 0) is 0 Å². The molecule has 2 atom stereocenters. The highest BCUT2D eigenvalue weighted by molar-refractivity contribution is 5.41. The van der Waals surface area contributed by atoms with Crippen LogP contribution in [0.2, 0.25) is 0 Å². The molecule has 0 fully saturated rings. The molecule has 0 aliphatic carbocycles. The van der Waals surface area contributed by atoms with Crippen molar-refractivity contribution in [3.8, 4) is 0 Å². The Kier molecular flexibility index (Phi) is 3.26. The van der Waals surface area contributed by atoms with Crippen LogP contribution in [0.1, 0.15) is 35.2 Å². The van der Waals surface area contributed by atoms with Crippen molar-refractivity contribution in [2.24, 2.45) is 0 Å². The van der Waals surface area contributed by atoms with Gasteiger partial charge in [-0.3, -0.25) is 0 Å². The number of aromatic nitrogens is 3. The van der Waals surface area contributed by atoms with Crippen molar-refractivity contribution in [2.75, 3.05) is 11.1 Å². The van der Waals surface area contributed by atoms with Crippen LogP contribution in [0.15, 0.2) is 54.6 Å². The Labute approximate surface area is 135 Å². The number of aryl methyl sites for hydroxylation is 1. The van der Waals surface area contributed by atoms with E-state index in [1.807, 2.05) is 10.7 Å². The number of anilines is 2. The second-order valence-electron chi connectivity index (χ2n) is 6.01. The molecule has 23 heavy (non-hydrogen) atoms. The number of fused-ring (bicyclic) bond motifs is 1. The summed E-state index contributed by atoms with van der Waals surface area (Å²) < 4.78 is 1.90. The molecule has 3 N–H and O–H groups in total. The Bertz CT molecular complexity index is 807. The first-order valence-electron chi connectivity index (χ1n) is 7.81. The van der Waals surface area contributed by atoms with E-state index in [1.165, 1.54) is 16.7 Å². The Hall–Kier alpha value is -2.82. The van der Waals surface area contributed by atoms with Gasteiger partial charge in [0.15, 0.2) is 0 Å². The lowest BCUT2D eigenvalue weighted by molar-refractivity contribution is 0.431. The summed E-state index contributed by atoms with van der Waals surface area (Å²) in [6.45, 7) is 2.10. The van der Waals surface area contributed by atoms with Gasteiger partial charge in [0, 0.05) is 0 Å². The predicted octanol–water partition coefficient (Wildman–Crippen LogP) is 3.32. The van der Waals surface area contributed by atoms with Crippen molar-refractivity contribution < 1.29 is 0 Å². The highest BCUT2D eigenvalue weighted by Gasteiger charge is 2.30. The van der Waals surface area contributed by atoms with Gasteiger partial charge in [0.2, 0.25) is 11.9 Å². The summed E-state index contributed by atoms with van der Waals surface area (Å²) in [5.74, 6) is 1.03. The molecule has 5 heteroatoms. The summed E-state index contributed by atoms with van der Waals surface area (Å²) in [6.07, 6.45) is 0.906. The molecule has 0 unspecified atom stereocenters. The minimum absolute atomic E-state index is 0.128. The fourth-order valence-corrected chi connectivity index (χ4v) is 3.16. The number of hydrogen-bond acceptors (Lipinski definition) is 4. The largest absolute Gasteiger partial charge is 0.366 e. The van der Waals surface area contributed by atoms with E-state index < -0.39 is 0 Å². The molecule has 0 saturated heterocycles. The van der Waals surface area contributed by atoms with Gasteiger partial charge >= 0.3 is 0 Å². The molecule has 0 saturated carbocycles. The summed E-state index contributed by atoms with van der Waals surface area (Å²) in [5, 5.41) is 7.83. The normalized spacial score (nSPS) is 19.9. The molecular weight excluding hydrogens is 286 g/mol. The van der Waals surface area contributed by atoms with Crippen LogP contribution in [0.4, 0.5) is 11.9 Å². The number of rotatable bonds is 2. The zero-order valence-corrected chi connectivity index (χ0v) is 13.0. The van der Waals surface area contributed by atoms with Crippen molar-refractivity contribution in [1.29, 1.82) is 0 Å². The summed E-state index contributed by atoms with van der Waals surface area (Å²) in [7, 11) is 0. The highest BCUT2D eigenvalue weighted by Crippen LogP contribution is 2.37. The third-order valence-corrected chi connectivity index (χ3v) is 4.37. The molecule has 5 nitrogen and oxygen atoms in total. The second-order valence-corrected chi connectivity index (χ2v) is 6.01. The Morgan fingerprint density at radius 3 is 2.52 bits per heavy atom. The third kappa shape index (κ3) is 2.54. The fraction of sp³-hybridized carbons (Fsp3) is 0.222. The average Bonchev–Trinajstić information content (AvgIpc) is 2.95. The van der Waals surface area contributed by atoms with Crippen molar-refractivity contribution in [3.63, 3.8) is 0 Å². The summed E-state index contributed by atoms with van der Waals surface area (Å²) in [4.78, 5) is 4.34. The first kappa shape index (κ1) is 13.8. The van der Waals surface area contributed by atoms with Gasteiger partial charge in [-0.2, -0.15) is 4.98 Å². The lowest BCUT2D eigenvalue weighted by Gasteiger charge is -2.31. The quantitative estimate of drug-likeness (QED) is 0.762. The molecule has 1 aliphatic rings. The first-order chi connectivity index (χ1) is 11.2. The van der Waals surface area contributed by atoms with Crippen LogP contribution in [0, 0.1) is 6.92 Å². The van der Waals surface area contributed by atoms with Crippen molar-refractivity contribution in [3.05, 3.63) is 71.3 Å². The lowest BCUT2D eigenvalue weighted by Crippen LogP contribution is -2.28. The average molecular weight is 305 g/mol. The molecule has 4 rings (SSSR count). The maximum absolute atomic E-state index is 5.82. The third-order valence-electron chi connectivity index (χ3n) is 4.37. The van der Waals surface area contributed by atoms with Crippen molar-refractivity contribution >= 4 is 11.9 Å². The SMILES string of the molecule is Cc1ccc([C@@H]2C[C@H](c3ccccc3)n3nc(N)nc3N2)cc1. The van der Waals surface area contributed by atoms with Crippen molar-refractivity contribution in [2.45, 2.75) is 25.4 Å². The minimum atomic E-state index is 0.128. The van der Waals surface area contributed by atoms with E-state index in [9.17, 15) is 0 Å². The maximum Gasteiger partial charge on any atom is 0.241 e. The summed E-state index contributed by atoms with van der Waals surface area (Å²) >= 11 is 0. The van der Waals surface area contributed by atoms with Crippen molar-refractivity contribution in [1.82, 2.24) is 14.8 Å². The molecule has 116 valence electrons. The van der Waals surface area contributed by atoms with Crippen LogP contribution in [0.3, 0.4) is 0 Å². The molecule has 0 radical (unpaired) electrons. The van der Waals surface area contributed by atoms with Crippen LogP contribution < -0.4 is 11.1 Å². The Morgan fingerprint density at radius 1 is 1.04 bits per heavy atom. The molecule has 2 heterocycles. The van der Waals surface area contributed by atoms with Crippen LogP contribution in [0.5, 0.6) is 0 Å². The highest BCUT2D eigenvalue weighted by atomic mass is 15.4. The number of nitrogens with zero attached hydrogens (tertiary/aromatic N) is 3. The van der Waals surface area contributed by atoms with Crippen LogP contribution in [0.25, 0.3) is 0 Å². The van der Waals surface area contributed by atoms with Crippen LogP contribution >= 0.6 is 0 Å². The molecule has 0 bridgehead atoms. The molecule has 3 aromatic rings. The van der Waals surface area contributed by atoms with Gasteiger partial charge in [-0.1, -0.05) is 60.2 Å². The molecular formula is C18H19N5. The molecule has 0 spiro atoms. The Morgan fingerprint density at radius 2 is 1.78 bits per heavy atom. The van der Waals surface area contributed by atoms with Gasteiger partial charge in [0.25, 0.3) is 0 Å². The van der Waals surface area contributed by atoms with E-state index in [2.05, 4.69) is 70.9 Å². The topological polar surface area (TPSA) is 68.8 Å². The molecule has 1 aliphatic heterocycles. The minimum Gasteiger partial charge on any atom is -0.366 e. The zero-order chi connectivity index (χ0) is 15.8. The van der Waals surface area contributed by atoms with Gasteiger partial charge < -0.3 is 11.1 Å². The van der Waals surface area contributed by atoms with Crippen LogP contribution in [-0.4, -0.2) is 14.8 Å². The number of nitrogens with one attached hydrogen (secondary N) is 1. The standard InChI is InChI=1S/C18H19N5/c1-12-7-9-13(10-8-12)15-11-16(14-5-3-2-4-6-14)23-18(20-15)21-17(19)22-23/h2-10,15-16H,11H2,1H3,(H3,19,20,21,22)/t15-,16+/m0/s1. The van der Waals surface area contributed by atoms with E-state index >= 15 is 0 Å². The van der Waals surface area contributed by atoms with E-state index in [1.54, 1.807) is 0 Å². The van der Waals surface area contributed by atoms with Gasteiger partial charge in [-0.05, 0) is 24.5 Å². The van der Waals surface area contributed by atoms with E-state index in [-0.39, 0.29) is 12.1 Å². The van der Waals surface area contributed by atoms with Gasteiger partial charge in [-0.15, -0.1) is 5.10 Å². The molecule has 0 amide bonds. The van der Waals surface area contributed by atoms with E-state index in [0.29, 0.717) is 5.95 Å². The fourth-order valence-electron chi connectivity index (χ4n) is 3.16. The van der Waals surface area contributed by atoms with E-state index in [4.69, 9.17) is 5.73 Å². The Balaban J connectivity index is 1.75. The summed E-state index contributed by atoms with van der Waals surface area (Å²) in [6, 6.07) is 19.3. The summed E-state index contributed by atoms with van der Waals surface area (Å²) in [5.41, 5.74) is 9.55. The molecule has 1 aromatic heterocycles. The number of hydrogen-bond donors (Lipinski definition) is 2. The first-order valence-corrected chi connectivity index (χ1v) is 7.81. The monoisotopic (exact) mass is 305 g/mol. The second kappa shape index (κ2) is 5.43. The number of nitrogen functional groups attached to an aromatic ring is 1. The zero-order valence-electron chi connectivity index (χ0n) is 13.0. The molecule has 2 aromatic carbocycles. The maximum atomic E-state index is 5.82. The van der Waals surface area contributed by atoms with E-state index in [0.717, 1.165) is 12.4 Å². The van der Waals surface area contributed by atoms with Gasteiger partial charge in [0.05, 0.1) is 12.1 Å². The number of nitrogens with two attached hydrogens (primary N) is 1. The lowest BCUT2D eigenvalue weighted by atomic mass is 9.93. The smallest absolute Gasteiger partial charge is 0.241 e.